The third kappa shape index (κ3) is 2.92. The van der Waals surface area contributed by atoms with Crippen molar-refractivity contribution in [3.63, 3.8) is 0 Å². The van der Waals surface area contributed by atoms with Gasteiger partial charge in [0, 0.05) is 29.8 Å². The monoisotopic (exact) mass is 326 g/mol. The van der Waals surface area contributed by atoms with Crippen molar-refractivity contribution >= 4 is 27.5 Å². The zero-order chi connectivity index (χ0) is 14.0. The molecule has 1 N–H and O–H groups in total. The molecule has 0 spiro atoms. The third-order valence-electron chi connectivity index (χ3n) is 3.65. The van der Waals surface area contributed by atoms with Crippen molar-refractivity contribution in [3.05, 3.63) is 28.7 Å². The first-order valence-corrected chi connectivity index (χ1v) is 7.23. The van der Waals surface area contributed by atoms with Crippen LogP contribution in [-0.2, 0) is 4.79 Å². The van der Waals surface area contributed by atoms with Crippen LogP contribution in [0, 0.1) is 0 Å². The van der Waals surface area contributed by atoms with Crippen LogP contribution < -0.4 is 4.90 Å². The van der Waals surface area contributed by atoms with Gasteiger partial charge >= 0.3 is 0 Å². The smallest absolute Gasteiger partial charge is 0.247 e. The SMILES string of the molecule is CC1CCN(C)C(=O)C(CO)N1c1ccc(Br)cc1. The molecule has 1 fully saturated rings. The van der Waals surface area contributed by atoms with Crippen LogP contribution in [0.2, 0.25) is 0 Å². The molecule has 2 rings (SSSR count). The highest BCUT2D eigenvalue weighted by atomic mass is 79.9. The second-order valence-corrected chi connectivity index (χ2v) is 5.90. The van der Waals surface area contributed by atoms with E-state index in [0.29, 0.717) is 0 Å². The highest BCUT2D eigenvalue weighted by Gasteiger charge is 2.34. The summed E-state index contributed by atoms with van der Waals surface area (Å²) in [6.07, 6.45) is 0.898. The van der Waals surface area contributed by atoms with Gasteiger partial charge in [0.15, 0.2) is 0 Å². The number of aliphatic hydroxyl groups excluding tert-OH is 1. The highest BCUT2D eigenvalue weighted by molar-refractivity contribution is 9.10. The van der Waals surface area contributed by atoms with Crippen LogP contribution in [-0.4, -0.2) is 48.2 Å². The van der Waals surface area contributed by atoms with E-state index in [1.165, 1.54) is 0 Å². The summed E-state index contributed by atoms with van der Waals surface area (Å²) in [4.78, 5) is 16.0. The van der Waals surface area contributed by atoms with E-state index in [0.717, 1.165) is 23.1 Å². The van der Waals surface area contributed by atoms with Gasteiger partial charge in [-0.05, 0) is 37.6 Å². The predicted molar refractivity (Wildman–Crippen MR) is 79.2 cm³/mol. The minimum atomic E-state index is -0.497. The number of aliphatic hydroxyl groups is 1. The Kier molecular flexibility index (Phi) is 4.47. The van der Waals surface area contributed by atoms with E-state index < -0.39 is 6.04 Å². The standard InChI is InChI=1S/C14H19BrN2O2/c1-10-7-8-16(2)14(19)13(9-18)17(10)12-5-3-11(15)4-6-12/h3-6,10,13,18H,7-9H2,1-2H3. The molecule has 1 saturated heterocycles. The van der Waals surface area contributed by atoms with E-state index in [4.69, 9.17) is 0 Å². The first-order valence-electron chi connectivity index (χ1n) is 6.44. The predicted octanol–water partition coefficient (Wildman–Crippen LogP) is 1.87. The Morgan fingerprint density at radius 1 is 1.37 bits per heavy atom. The number of anilines is 1. The van der Waals surface area contributed by atoms with Crippen molar-refractivity contribution in [1.29, 1.82) is 0 Å². The van der Waals surface area contributed by atoms with Gasteiger partial charge in [-0.3, -0.25) is 4.79 Å². The molecule has 0 radical (unpaired) electrons. The van der Waals surface area contributed by atoms with E-state index in [9.17, 15) is 9.90 Å². The van der Waals surface area contributed by atoms with E-state index in [-0.39, 0.29) is 18.6 Å². The fourth-order valence-electron chi connectivity index (χ4n) is 2.52. The van der Waals surface area contributed by atoms with Gasteiger partial charge in [0.05, 0.1) is 6.61 Å². The van der Waals surface area contributed by atoms with Gasteiger partial charge in [-0.1, -0.05) is 15.9 Å². The Hall–Kier alpha value is -1.07. The summed E-state index contributed by atoms with van der Waals surface area (Å²) >= 11 is 3.41. The minimum Gasteiger partial charge on any atom is -0.394 e. The van der Waals surface area contributed by atoms with Gasteiger partial charge in [0.1, 0.15) is 6.04 Å². The molecule has 1 aromatic carbocycles. The van der Waals surface area contributed by atoms with Crippen molar-refractivity contribution in [2.75, 3.05) is 25.1 Å². The van der Waals surface area contributed by atoms with Gasteiger partial charge < -0.3 is 14.9 Å². The van der Waals surface area contributed by atoms with Crippen molar-refractivity contribution in [1.82, 2.24) is 4.90 Å². The Labute approximate surface area is 122 Å². The lowest BCUT2D eigenvalue weighted by Crippen LogP contribution is -2.49. The van der Waals surface area contributed by atoms with Gasteiger partial charge in [-0.25, -0.2) is 0 Å². The topological polar surface area (TPSA) is 43.8 Å². The number of rotatable bonds is 2. The number of nitrogens with zero attached hydrogens (tertiary/aromatic N) is 2. The van der Waals surface area contributed by atoms with Crippen LogP contribution in [0.25, 0.3) is 0 Å². The molecule has 19 heavy (non-hydrogen) atoms. The molecule has 2 atom stereocenters. The van der Waals surface area contributed by atoms with Crippen molar-refractivity contribution in [2.24, 2.45) is 0 Å². The Morgan fingerprint density at radius 2 is 2.00 bits per heavy atom. The van der Waals surface area contributed by atoms with Crippen LogP contribution in [0.15, 0.2) is 28.7 Å². The lowest BCUT2D eigenvalue weighted by Gasteiger charge is -2.34. The second-order valence-electron chi connectivity index (χ2n) is 4.98. The number of halogens is 1. The molecule has 4 nitrogen and oxygen atoms in total. The largest absolute Gasteiger partial charge is 0.394 e. The van der Waals surface area contributed by atoms with Crippen LogP contribution >= 0.6 is 15.9 Å². The van der Waals surface area contributed by atoms with Gasteiger partial charge in [0.2, 0.25) is 5.91 Å². The summed E-state index contributed by atoms with van der Waals surface area (Å²) in [5.41, 5.74) is 0.971. The van der Waals surface area contributed by atoms with E-state index in [2.05, 4.69) is 22.9 Å². The average molecular weight is 327 g/mol. The number of amides is 1. The quantitative estimate of drug-likeness (QED) is 0.902. The molecule has 2 unspecified atom stereocenters. The van der Waals surface area contributed by atoms with Crippen LogP contribution in [0.4, 0.5) is 5.69 Å². The molecule has 1 heterocycles. The number of likely N-dealkylation sites (N-methyl/N-ethyl adjacent to an activating group) is 1. The summed E-state index contributed by atoms with van der Waals surface area (Å²) in [5, 5.41) is 9.61. The average Bonchev–Trinajstić information content (AvgIpc) is 2.51. The first-order chi connectivity index (χ1) is 9.04. The molecule has 0 saturated carbocycles. The van der Waals surface area contributed by atoms with E-state index >= 15 is 0 Å². The fourth-order valence-corrected chi connectivity index (χ4v) is 2.79. The van der Waals surface area contributed by atoms with Crippen LogP contribution in [0.1, 0.15) is 13.3 Å². The third-order valence-corrected chi connectivity index (χ3v) is 4.18. The van der Waals surface area contributed by atoms with Gasteiger partial charge in [0.25, 0.3) is 0 Å². The van der Waals surface area contributed by atoms with Gasteiger partial charge in [-0.2, -0.15) is 0 Å². The maximum absolute atomic E-state index is 12.3. The molecule has 0 aliphatic carbocycles. The number of hydrogen-bond acceptors (Lipinski definition) is 3. The molecule has 1 amide bonds. The molecule has 0 aromatic heterocycles. The summed E-state index contributed by atoms with van der Waals surface area (Å²) in [6, 6.07) is 7.57. The second kappa shape index (κ2) is 5.92. The van der Waals surface area contributed by atoms with Gasteiger partial charge in [-0.15, -0.1) is 0 Å². The van der Waals surface area contributed by atoms with Crippen molar-refractivity contribution < 1.29 is 9.90 Å². The highest BCUT2D eigenvalue weighted by Crippen LogP contribution is 2.26. The number of carbonyl (C=O) groups excluding carboxylic acids is 1. The van der Waals surface area contributed by atoms with E-state index in [1.54, 1.807) is 11.9 Å². The molecule has 104 valence electrons. The summed E-state index contributed by atoms with van der Waals surface area (Å²) < 4.78 is 1.00. The van der Waals surface area contributed by atoms with Crippen molar-refractivity contribution in [2.45, 2.75) is 25.4 Å². The molecule has 1 aromatic rings. The zero-order valence-electron chi connectivity index (χ0n) is 11.2. The molecule has 1 aliphatic heterocycles. The number of carbonyl (C=O) groups is 1. The summed E-state index contributed by atoms with van der Waals surface area (Å²) in [7, 11) is 1.79. The fraction of sp³-hybridized carbons (Fsp3) is 0.500. The first kappa shape index (κ1) is 14.3. The zero-order valence-corrected chi connectivity index (χ0v) is 12.8. The molecule has 5 heteroatoms. The summed E-state index contributed by atoms with van der Waals surface area (Å²) in [6.45, 7) is 2.66. The van der Waals surface area contributed by atoms with Crippen molar-refractivity contribution in [3.8, 4) is 0 Å². The lowest BCUT2D eigenvalue weighted by atomic mass is 10.1. The maximum atomic E-state index is 12.3. The lowest BCUT2D eigenvalue weighted by molar-refractivity contribution is -0.131. The minimum absolute atomic E-state index is 0.0187. The summed E-state index contributed by atoms with van der Waals surface area (Å²) in [5.74, 6) is -0.0187. The molecular weight excluding hydrogens is 308 g/mol. The maximum Gasteiger partial charge on any atom is 0.247 e. The normalized spacial score (nSPS) is 24.5. The number of hydrogen-bond donors (Lipinski definition) is 1. The Balaban J connectivity index is 2.37. The van der Waals surface area contributed by atoms with E-state index in [1.807, 2.05) is 29.2 Å². The number of benzene rings is 1. The molecule has 0 bridgehead atoms. The van der Waals surface area contributed by atoms with Crippen LogP contribution in [0.3, 0.4) is 0 Å². The van der Waals surface area contributed by atoms with Crippen LogP contribution in [0.5, 0.6) is 0 Å². The molecular formula is C14H19BrN2O2. The Bertz CT molecular complexity index is 449. The Morgan fingerprint density at radius 3 is 2.58 bits per heavy atom. The molecule has 1 aliphatic rings.